The van der Waals surface area contributed by atoms with Crippen molar-refractivity contribution >= 4 is 11.0 Å². The fourth-order valence-corrected chi connectivity index (χ4v) is 1.96. The second kappa shape index (κ2) is 4.22. The minimum atomic E-state index is -4.39. The van der Waals surface area contributed by atoms with Crippen molar-refractivity contribution in [3.8, 4) is 5.69 Å². The van der Waals surface area contributed by atoms with Crippen LogP contribution in [0.3, 0.4) is 0 Å². The third-order valence-corrected chi connectivity index (χ3v) is 2.96. The van der Waals surface area contributed by atoms with Crippen molar-refractivity contribution < 1.29 is 17.7 Å². The van der Waals surface area contributed by atoms with Crippen LogP contribution in [0.1, 0.15) is 5.56 Å². The predicted molar refractivity (Wildman–Crippen MR) is 66.0 cm³/mol. The molecule has 0 fully saturated rings. The van der Waals surface area contributed by atoms with Crippen LogP contribution in [0.4, 0.5) is 13.2 Å². The molecule has 0 aliphatic rings. The molecule has 20 heavy (non-hydrogen) atoms. The van der Waals surface area contributed by atoms with Crippen LogP contribution in [0.15, 0.2) is 48.5 Å². The number of nitrogens with zero attached hydrogens (tertiary/aromatic N) is 2. The molecule has 0 saturated carbocycles. The second-order valence-electron chi connectivity index (χ2n) is 4.26. The lowest BCUT2D eigenvalue weighted by Crippen LogP contribution is -2.26. The van der Waals surface area contributed by atoms with Gasteiger partial charge in [-0.15, -0.1) is 0 Å². The highest BCUT2D eigenvalue weighted by Crippen LogP contribution is 2.29. The quantitative estimate of drug-likeness (QED) is 0.684. The molecule has 0 saturated heterocycles. The molecule has 0 aliphatic carbocycles. The summed E-state index contributed by atoms with van der Waals surface area (Å²) >= 11 is 0. The standard InChI is InChI=1S/C13H9F3N3O/c14-13(15,16)9-5-7-10(8-6-9)18-17-11-3-1-2-4-12(11)19(18)20/h1-8,17H/q+1. The van der Waals surface area contributed by atoms with Crippen LogP contribution in [-0.4, -0.2) is 9.90 Å². The van der Waals surface area contributed by atoms with Gasteiger partial charge in [-0.2, -0.15) is 18.3 Å². The largest absolute Gasteiger partial charge is 0.416 e. The number of benzene rings is 2. The Balaban J connectivity index is 2.12. The van der Waals surface area contributed by atoms with Gasteiger partial charge in [0.15, 0.2) is 5.52 Å². The SMILES string of the molecule is O=[n+]1c2ccccc2[nH]n1-c1ccc(C(F)(F)F)cc1. The number of aromatic nitrogens is 3. The zero-order chi connectivity index (χ0) is 14.3. The van der Waals surface area contributed by atoms with Gasteiger partial charge in [0.05, 0.1) is 10.1 Å². The number of alkyl halides is 3. The third kappa shape index (κ3) is 1.97. The zero-order valence-corrected chi connectivity index (χ0v) is 10.1. The first kappa shape index (κ1) is 12.5. The lowest BCUT2D eigenvalue weighted by Gasteiger charge is -2.05. The van der Waals surface area contributed by atoms with Gasteiger partial charge < -0.3 is 0 Å². The highest BCUT2D eigenvalue weighted by molar-refractivity contribution is 5.70. The van der Waals surface area contributed by atoms with Crippen LogP contribution in [0.5, 0.6) is 0 Å². The van der Waals surface area contributed by atoms with E-state index >= 15 is 0 Å². The minimum Gasteiger partial charge on any atom is -0.166 e. The second-order valence-corrected chi connectivity index (χ2v) is 4.26. The molecule has 0 bridgehead atoms. The van der Waals surface area contributed by atoms with Gasteiger partial charge in [-0.05, 0) is 46.1 Å². The van der Waals surface area contributed by atoms with Crippen LogP contribution in [-0.2, 0) is 6.18 Å². The van der Waals surface area contributed by atoms with E-state index in [0.29, 0.717) is 21.3 Å². The van der Waals surface area contributed by atoms with Crippen molar-refractivity contribution in [2.75, 3.05) is 0 Å². The zero-order valence-electron chi connectivity index (χ0n) is 10.1. The first-order chi connectivity index (χ1) is 9.47. The Labute approximate surface area is 110 Å². The minimum absolute atomic E-state index is 0.323. The van der Waals surface area contributed by atoms with E-state index in [1.54, 1.807) is 24.3 Å². The summed E-state index contributed by atoms with van der Waals surface area (Å²) in [5.41, 5.74) is 0.578. The summed E-state index contributed by atoms with van der Waals surface area (Å²) in [6.45, 7) is 0. The summed E-state index contributed by atoms with van der Waals surface area (Å²) < 4.78 is 38.1. The summed E-state index contributed by atoms with van der Waals surface area (Å²) in [7, 11) is 0. The predicted octanol–water partition coefficient (Wildman–Crippen LogP) is 2.89. The number of aromatic amines is 1. The first-order valence-corrected chi connectivity index (χ1v) is 5.77. The molecule has 7 heteroatoms. The topological polar surface area (TPSA) is 43.7 Å². The normalized spacial score (nSPS) is 11.9. The summed E-state index contributed by atoms with van der Waals surface area (Å²) in [6.07, 6.45) is -4.39. The summed E-state index contributed by atoms with van der Waals surface area (Å²) in [6, 6.07) is 11.2. The number of fused-ring (bicyclic) bond motifs is 1. The van der Waals surface area contributed by atoms with E-state index in [1.807, 2.05) is 0 Å². The van der Waals surface area contributed by atoms with E-state index in [1.165, 1.54) is 12.1 Å². The van der Waals surface area contributed by atoms with E-state index in [0.717, 1.165) is 16.9 Å². The Morgan fingerprint density at radius 1 is 1.00 bits per heavy atom. The fourth-order valence-electron chi connectivity index (χ4n) is 1.96. The van der Waals surface area contributed by atoms with Crippen LogP contribution in [0.25, 0.3) is 16.7 Å². The Kier molecular flexibility index (Phi) is 2.63. The van der Waals surface area contributed by atoms with E-state index in [4.69, 9.17) is 0 Å². The highest BCUT2D eigenvalue weighted by atomic mass is 19.4. The van der Waals surface area contributed by atoms with Gasteiger partial charge >= 0.3 is 6.18 Å². The maximum absolute atomic E-state index is 12.5. The maximum Gasteiger partial charge on any atom is 0.416 e. The average molecular weight is 280 g/mol. The van der Waals surface area contributed by atoms with E-state index in [-0.39, 0.29) is 0 Å². The molecule has 2 aromatic carbocycles. The molecule has 4 nitrogen and oxygen atoms in total. The van der Waals surface area contributed by atoms with Crippen LogP contribution >= 0.6 is 0 Å². The fraction of sp³-hybridized carbons (Fsp3) is 0.0769. The van der Waals surface area contributed by atoms with Gasteiger partial charge in [0.25, 0.3) is 0 Å². The van der Waals surface area contributed by atoms with Gasteiger partial charge in [-0.1, -0.05) is 12.1 Å². The maximum atomic E-state index is 12.5. The molecule has 0 spiro atoms. The summed E-state index contributed by atoms with van der Waals surface area (Å²) in [4.78, 5) is 13.2. The Hall–Kier alpha value is -2.57. The molecule has 1 N–H and O–H groups in total. The molecule has 102 valence electrons. The number of rotatable bonds is 1. The average Bonchev–Trinajstić information content (AvgIpc) is 2.76. The van der Waals surface area contributed by atoms with Crippen LogP contribution < -0.4 is 4.54 Å². The van der Waals surface area contributed by atoms with E-state index in [9.17, 15) is 18.1 Å². The molecule has 0 unspecified atom stereocenters. The molecule has 0 radical (unpaired) electrons. The number of hydrogen-bond donors (Lipinski definition) is 1. The van der Waals surface area contributed by atoms with Gasteiger partial charge in [0.2, 0.25) is 5.52 Å². The smallest absolute Gasteiger partial charge is 0.166 e. The summed E-state index contributed by atoms with van der Waals surface area (Å²) in [5.74, 6) is 0. The van der Waals surface area contributed by atoms with Crippen molar-refractivity contribution in [1.29, 1.82) is 0 Å². The molecule has 1 heterocycles. The van der Waals surface area contributed by atoms with Crippen molar-refractivity contribution in [2.45, 2.75) is 6.18 Å². The third-order valence-electron chi connectivity index (χ3n) is 2.96. The van der Waals surface area contributed by atoms with Gasteiger partial charge in [-0.3, -0.25) is 0 Å². The van der Waals surface area contributed by atoms with Crippen LogP contribution in [0.2, 0.25) is 0 Å². The Morgan fingerprint density at radius 2 is 1.65 bits per heavy atom. The molecular formula is C13H9F3N3O+. The Morgan fingerprint density at radius 3 is 2.25 bits per heavy atom. The van der Waals surface area contributed by atoms with Crippen molar-refractivity contribution in [2.24, 2.45) is 0 Å². The van der Waals surface area contributed by atoms with Gasteiger partial charge in [-0.25, -0.2) is 0 Å². The summed E-state index contributed by atoms with van der Waals surface area (Å²) in [5, 5.41) is 2.82. The lowest BCUT2D eigenvalue weighted by atomic mass is 10.2. The number of para-hydroxylation sites is 2. The lowest BCUT2D eigenvalue weighted by molar-refractivity contribution is -0.561. The van der Waals surface area contributed by atoms with E-state index in [2.05, 4.69) is 5.10 Å². The van der Waals surface area contributed by atoms with E-state index < -0.39 is 11.7 Å². The number of hydrogen-bond acceptors (Lipinski definition) is 1. The number of H-pyrrole nitrogens is 1. The molecule has 0 aliphatic heterocycles. The molecule has 3 aromatic rings. The monoisotopic (exact) mass is 280 g/mol. The number of nitrogens with one attached hydrogen (secondary N) is 1. The molecule has 1 aromatic heterocycles. The first-order valence-electron chi connectivity index (χ1n) is 5.77. The van der Waals surface area contributed by atoms with Crippen molar-refractivity contribution in [3.05, 3.63) is 59.0 Å². The molecule has 3 rings (SSSR count). The van der Waals surface area contributed by atoms with Gasteiger partial charge in [0, 0.05) is 0 Å². The van der Waals surface area contributed by atoms with Crippen molar-refractivity contribution in [3.63, 3.8) is 0 Å². The highest BCUT2D eigenvalue weighted by Gasteiger charge is 2.30. The molecular weight excluding hydrogens is 271 g/mol. The van der Waals surface area contributed by atoms with Crippen molar-refractivity contribution in [1.82, 2.24) is 9.90 Å². The number of halogens is 3. The molecule has 0 atom stereocenters. The van der Waals surface area contributed by atoms with Crippen LogP contribution in [0, 0.1) is 4.91 Å². The molecule has 0 amide bonds. The Bertz CT molecular complexity index is 815. The van der Waals surface area contributed by atoms with Gasteiger partial charge in [0.1, 0.15) is 5.69 Å².